The number of aryl methyl sites for hydroxylation is 1. The van der Waals surface area contributed by atoms with E-state index in [2.05, 4.69) is 19.2 Å². The first-order valence-corrected chi connectivity index (χ1v) is 7.10. The largest absolute Gasteiger partial charge is 0.328 e. The molecule has 0 aliphatic carbocycles. The van der Waals surface area contributed by atoms with Crippen molar-refractivity contribution in [3.05, 3.63) is 22.9 Å². The first-order chi connectivity index (χ1) is 8.60. The SMILES string of the molecule is CCNC(CC)CCCn1ccn(C(C)C)c1=O. The Hall–Kier alpha value is -1.03. The van der Waals surface area contributed by atoms with Crippen molar-refractivity contribution in [2.24, 2.45) is 0 Å². The summed E-state index contributed by atoms with van der Waals surface area (Å²) < 4.78 is 3.60. The van der Waals surface area contributed by atoms with E-state index in [4.69, 9.17) is 0 Å². The number of imidazole rings is 1. The Kier molecular flexibility index (Phi) is 6.19. The molecule has 4 nitrogen and oxygen atoms in total. The van der Waals surface area contributed by atoms with E-state index in [1.54, 1.807) is 4.57 Å². The molecule has 1 unspecified atom stereocenters. The molecular formula is C14H27N3O. The maximum Gasteiger partial charge on any atom is 0.328 e. The van der Waals surface area contributed by atoms with Crippen LogP contribution in [0.3, 0.4) is 0 Å². The molecule has 0 aromatic carbocycles. The highest BCUT2D eigenvalue weighted by atomic mass is 16.1. The fourth-order valence-electron chi connectivity index (χ4n) is 2.24. The Morgan fingerprint density at radius 3 is 2.50 bits per heavy atom. The highest BCUT2D eigenvalue weighted by molar-refractivity contribution is 4.83. The highest BCUT2D eigenvalue weighted by Crippen LogP contribution is 2.04. The molecule has 18 heavy (non-hydrogen) atoms. The lowest BCUT2D eigenvalue weighted by Crippen LogP contribution is -2.29. The molecule has 1 N–H and O–H groups in total. The standard InChI is InChI=1S/C14H27N3O/c1-5-13(15-6-2)8-7-9-16-10-11-17(12(3)4)14(16)18/h10-13,15H,5-9H2,1-4H3. The fraction of sp³-hybridized carbons (Fsp3) is 0.786. The average Bonchev–Trinajstić information content (AvgIpc) is 2.70. The van der Waals surface area contributed by atoms with Crippen LogP contribution in [0.5, 0.6) is 0 Å². The number of aromatic nitrogens is 2. The van der Waals surface area contributed by atoms with Crippen molar-refractivity contribution >= 4 is 0 Å². The van der Waals surface area contributed by atoms with Gasteiger partial charge in [0.2, 0.25) is 0 Å². The van der Waals surface area contributed by atoms with Crippen molar-refractivity contribution in [3.63, 3.8) is 0 Å². The molecule has 0 amide bonds. The minimum atomic E-state index is 0.112. The number of nitrogens with zero attached hydrogens (tertiary/aromatic N) is 2. The Bertz CT molecular complexity index is 392. The van der Waals surface area contributed by atoms with E-state index in [-0.39, 0.29) is 11.7 Å². The predicted molar refractivity (Wildman–Crippen MR) is 76.1 cm³/mol. The second kappa shape index (κ2) is 7.41. The van der Waals surface area contributed by atoms with E-state index in [9.17, 15) is 4.79 Å². The zero-order chi connectivity index (χ0) is 13.5. The van der Waals surface area contributed by atoms with Crippen LogP contribution in [-0.2, 0) is 6.54 Å². The van der Waals surface area contributed by atoms with Crippen LogP contribution in [0.25, 0.3) is 0 Å². The van der Waals surface area contributed by atoms with Crippen LogP contribution in [0.1, 0.15) is 53.0 Å². The van der Waals surface area contributed by atoms with E-state index < -0.39 is 0 Å². The van der Waals surface area contributed by atoms with Gasteiger partial charge in [0, 0.05) is 31.0 Å². The van der Waals surface area contributed by atoms with Crippen molar-refractivity contribution in [1.82, 2.24) is 14.5 Å². The first-order valence-electron chi connectivity index (χ1n) is 7.10. The Balaban J connectivity index is 2.47. The first kappa shape index (κ1) is 15.0. The second-order valence-electron chi connectivity index (χ2n) is 5.08. The lowest BCUT2D eigenvalue weighted by atomic mass is 10.1. The molecule has 0 saturated heterocycles. The Labute approximate surface area is 110 Å². The van der Waals surface area contributed by atoms with E-state index >= 15 is 0 Å². The average molecular weight is 253 g/mol. The summed E-state index contributed by atoms with van der Waals surface area (Å²) in [6.45, 7) is 10.2. The molecule has 1 heterocycles. The van der Waals surface area contributed by atoms with E-state index in [1.807, 2.05) is 30.8 Å². The van der Waals surface area contributed by atoms with Gasteiger partial charge in [0.25, 0.3) is 0 Å². The van der Waals surface area contributed by atoms with Crippen molar-refractivity contribution in [2.45, 2.75) is 65.6 Å². The lowest BCUT2D eigenvalue weighted by Gasteiger charge is -2.15. The van der Waals surface area contributed by atoms with Gasteiger partial charge < -0.3 is 5.32 Å². The topological polar surface area (TPSA) is 39.0 Å². The minimum absolute atomic E-state index is 0.112. The van der Waals surface area contributed by atoms with Crippen molar-refractivity contribution in [3.8, 4) is 0 Å². The summed E-state index contributed by atoms with van der Waals surface area (Å²) in [4.78, 5) is 12.0. The van der Waals surface area contributed by atoms with Crippen LogP contribution in [0, 0.1) is 0 Å². The number of hydrogen-bond donors (Lipinski definition) is 1. The molecule has 0 aliphatic rings. The Morgan fingerprint density at radius 1 is 1.28 bits per heavy atom. The second-order valence-corrected chi connectivity index (χ2v) is 5.08. The molecule has 0 bridgehead atoms. The fourth-order valence-corrected chi connectivity index (χ4v) is 2.24. The van der Waals surface area contributed by atoms with Crippen molar-refractivity contribution < 1.29 is 0 Å². The third-order valence-corrected chi connectivity index (χ3v) is 3.37. The van der Waals surface area contributed by atoms with Gasteiger partial charge >= 0.3 is 5.69 Å². The van der Waals surface area contributed by atoms with Crippen molar-refractivity contribution in [1.29, 1.82) is 0 Å². The number of rotatable bonds is 8. The normalized spacial score (nSPS) is 13.2. The van der Waals surface area contributed by atoms with Crippen molar-refractivity contribution in [2.75, 3.05) is 6.54 Å². The van der Waals surface area contributed by atoms with Crippen LogP contribution in [-0.4, -0.2) is 21.7 Å². The monoisotopic (exact) mass is 253 g/mol. The lowest BCUT2D eigenvalue weighted by molar-refractivity contribution is 0.443. The van der Waals surface area contributed by atoms with E-state index in [0.717, 1.165) is 32.4 Å². The molecule has 1 aromatic heterocycles. The smallest absolute Gasteiger partial charge is 0.314 e. The molecule has 104 valence electrons. The van der Waals surface area contributed by atoms with E-state index in [0.29, 0.717) is 6.04 Å². The summed E-state index contributed by atoms with van der Waals surface area (Å²) in [5, 5.41) is 3.46. The Morgan fingerprint density at radius 2 is 2.00 bits per heavy atom. The van der Waals surface area contributed by atoms with Gasteiger partial charge in [-0.15, -0.1) is 0 Å². The van der Waals surface area contributed by atoms with Crippen LogP contribution in [0.4, 0.5) is 0 Å². The summed E-state index contributed by atoms with van der Waals surface area (Å²) in [6, 6.07) is 0.821. The summed E-state index contributed by atoms with van der Waals surface area (Å²) in [7, 11) is 0. The molecule has 0 aliphatic heterocycles. The van der Waals surface area contributed by atoms with Gasteiger partial charge in [-0.25, -0.2) is 4.79 Å². The zero-order valence-corrected chi connectivity index (χ0v) is 12.1. The van der Waals surface area contributed by atoms with E-state index in [1.165, 1.54) is 0 Å². The van der Waals surface area contributed by atoms with Crippen LogP contribution in [0.2, 0.25) is 0 Å². The predicted octanol–water partition coefficient (Wildman–Crippen LogP) is 2.40. The summed E-state index contributed by atoms with van der Waals surface area (Å²) in [5.74, 6) is 0. The maximum atomic E-state index is 12.0. The number of nitrogens with one attached hydrogen (secondary N) is 1. The molecule has 1 rings (SSSR count). The summed E-state index contributed by atoms with van der Waals surface area (Å²) in [5.41, 5.74) is 0.112. The molecule has 0 radical (unpaired) electrons. The highest BCUT2D eigenvalue weighted by Gasteiger charge is 2.07. The molecule has 0 spiro atoms. The summed E-state index contributed by atoms with van der Waals surface area (Å²) >= 11 is 0. The molecule has 4 heteroatoms. The molecular weight excluding hydrogens is 226 g/mol. The van der Waals surface area contributed by atoms with Crippen LogP contribution >= 0.6 is 0 Å². The minimum Gasteiger partial charge on any atom is -0.314 e. The van der Waals surface area contributed by atoms with Gasteiger partial charge in [-0.2, -0.15) is 0 Å². The van der Waals surface area contributed by atoms with Crippen LogP contribution < -0.4 is 11.0 Å². The third kappa shape index (κ3) is 4.02. The van der Waals surface area contributed by atoms with Gasteiger partial charge in [0.1, 0.15) is 0 Å². The van der Waals surface area contributed by atoms with Gasteiger partial charge in [0.15, 0.2) is 0 Å². The summed E-state index contributed by atoms with van der Waals surface area (Å²) in [6.07, 6.45) is 7.11. The van der Waals surface area contributed by atoms with Gasteiger partial charge in [-0.3, -0.25) is 9.13 Å². The third-order valence-electron chi connectivity index (χ3n) is 3.37. The quantitative estimate of drug-likeness (QED) is 0.772. The number of hydrogen-bond acceptors (Lipinski definition) is 2. The van der Waals surface area contributed by atoms with Gasteiger partial charge in [-0.05, 0) is 39.7 Å². The van der Waals surface area contributed by atoms with Gasteiger partial charge in [0.05, 0.1) is 0 Å². The van der Waals surface area contributed by atoms with Crippen LogP contribution in [0.15, 0.2) is 17.2 Å². The molecule has 0 fully saturated rings. The van der Waals surface area contributed by atoms with Gasteiger partial charge in [-0.1, -0.05) is 13.8 Å². The molecule has 1 aromatic rings. The zero-order valence-electron chi connectivity index (χ0n) is 12.1. The maximum absolute atomic E-state index is 12.0. The molecule has 1 atom stereocenters. The molecule has 0 saturated carbocycles.